The SMILES string of the molecule is CN=Cc1ccccc1C(=O)O. The highest BCUT2D eigenvalue weighted by Crippen LogP contribution is 2.05. The van der Waals surface area contributed by atoms with Crippen LogP contribution in [0.4, 0.5) is 0 Å². The largest absolute Gasteiger partial charge is 0.478 e. The maximum absolute atomic E-state index is 10.6. The minimum atomic E-state index is -0.925. The zero-order valence-corrected chi connectivity index (χ0v) is 6.69. The molecule has 0 atom stereocenters. The van der Waals surface area contributed by atoms with E-state index in [-0.39, 0.29) is 5.56 Å². The van der Waals surface area contributed by atoms with Crippen molar-refractivity contribution in [3.8, 4) is 0 Å². The fourth-order valence-corrected chi connectivity index (χ4v) is 0.943. The zero-order chi connectivity index (χ0) is 8.97. The van der Waals surface area contributed by atoms with Crippen molar-refractivity contribution in [2.75, 3.05) is 7.05 Å². The van der Waals surface area contributed by atoms with Crippen LogP contribution in [-0.2, 0) is 0 Å². The first-order chi connectivity index (χ1) is 5.75. The first-order valence-corrected chi connectivity index (χ1v) is 3.50. The highest BCUT2D eigenvalue weighted by molar-refractivity contribution is 5.98. The Hall–Kier alpha value is -1.64. The quantitative estimate of drug-likeness (QED) is 0.670. The van der Waals surface area contributed by atoms with Crippen LogP contribution in [0, 0.1) is 0 Å². The summed E-state index contributed by atoms with van der Waals surface area (Å²) in [6, 6.07) is 6.75. The second kappa shape index (κ2) is 3.67. The molecule has 0 bridgehead atoms. The molecule has 1 aromatic carbocycles. The normalized spacial score (nSPS) is 10.4. The Morgan fingerprint density at radius 1 is 1.50 bits per heavy atom. The Labute approximate surface area is 70.4 Å². The fourth-order valence-electron chi connectivity index (χ4n) is 0.943. The monoisotopic (exact) mass is 163 g/mol. The van der Waals surface area contributed by atoms with Gasteiger partial charge in [-0.1, -0.05) is 18.2 Å². The molecule has 0 aliphatic rings. The van der Waals surface area contributed by atoms with Crippen molar-refractivity contribution in [2.45, 2.75) is 0 Å². The van der Waals surface area contributed by atoms with Crippen LogP contribution in [0.5, 0.6) is 0 Å². The average molecular weight is 163 g/mol. The van der Waals surface area contributed by atoms with Crippen LogP contribution in [0.15, 0.2) is 29.3 Å². The maximum atomic E-state index is 10.6. The summed E-state index contributed by atoms with van der Waals surface area (Å²) in [5.74, 6) is -0.925. The number of hydrogen-bond donors (Lipinski definition) is 1. The highest BCUT2D eigenvalue weighted by Gasteiger charge is 2.05. The molecule has 0 aliphatic carbocycles. The smallest absolute Gasteiger partial charge is 0.336 e. The van der Waals surface area contributed by atoms with Crippen molar-refractivity contribution in [2.24, 2.45) is 4.99 Å². The molecule has 1 rings (SSSR count). The third-order valence-corrected chi connectivity index (χ3v) is 1.46. The molecule has 0 spiro atoms. The molecule has 0 aromatic heterocycles. The van der Waals surface area contributed by atoms with Crippen LogP contribution in [0.2, 0.25) is 0 Å². The number of carbonyl (C=O) groups is 1. The number of aliphatic imine (C=N–C) groups is 1. The van der Waals surface area contributed by atoms with Crippen LogP contribution in [0.25, 0.3) is 0 Å². The Balaban J connectivity index is 3.17. The molecule has 3 nitrogen and oxygen atoms in total. The first-order valence-electron chi connectivity index (χ1n) is 3.50. The molecule has 0 unspecified atom stereocenters. The molecule has 0 heterocycles. The van der Waals surface area contributed by atoms with E-state index < -0.39 is 5.97 Å². The molecular weight excluding hydrogens is 154 g/mol. The molecule has 0 aliphatic heterocycles. The average Bonchev–Trinajstić information content (AvgIpc) is 2.05. The molecule has 1 aromatic rings. The van der Waals surface area contributed by atoms with Crippen molar-refractivity contribution >= 4 is 12.2 Å². The lowest BCUT2D eigenvalue weighted by Crippen LogP contribution is -2.00. The molecule has 0 saturated heterocycles. The number of benzene rings is 1. The van der Waals surface area contributed by atoms with Gasteiger partial charge in [0.15, 0.2) is 0 Å². The van der Waals surface area contributed by atoms with E-state index in [4.69, 9.17) is 5.11 Å². The first kappa shape index (κ1) is 8.46. The Bertz CT molecular complexity index is 318. The van der Waals surface area contributed by atoms with E-state index in [9.17, 15) is 4.79 Å². The summed E-state index contributed by atoms with van der Waals surface area (Å²) < 4.78 is 0. The summed E-state index contributed by atoms with van der Waals surface area (Å²) in [5.41, 5.74) is 0.913. The number of carboxylic acids is 1. The number of aromatic carboxylic acids is 1. The van der Waals surface area contributed by atoms with Crippen molar-refractivity contribution in [3.63, 3.8) is 0 Å². The van der Waals surface area contributed by atoms with Crippen LogP contribution in [-0.4, -0.2) is 24.3 Å². The van der Waals surface area contributed by atoms with Gasteiger partial charge in [0, 0.05) is 18.8 Å². The molecule has 0 radical (unpaired) electrons. The summed E-state index contributed by atoms with van der Waals surface area (Å²) in [5, 5.41) is 8.73. The van der Waals surface area contributed by atoms with Crippen LogP contribution < -0.4 is 0 Å². The minimum absolute atomic E-state index is 0.281. The third-order valence-electron chi connectivity index (χ3n) is 1.46. The van der Waals surface area contributed by atoms with Crippen molar-refractivity contribution in [1.82, 2.24) is 0 Å². The van der Waals surface area contributed by atoms with E-state index in [0.717, 1.165) is 0 Å². The van der Waals surface area contributed by atoms with Gasteiger partial charge < -0.3 is 5.11 Å². The maximum Gasteiger partial charge on any atom is 0.336 e. The van der Waals surface area contributed by atoms with E-state index in [1.165, 1.54) is 6.21 Å². The van der Waals surface area contributed by atoms with Gasteiger partial charge in [-0.05, 0) is 6.07 Å². The number of nitrogens with zero attached hydrogens (tertiary/aromatic N) is 1. The van der Waals surface area contributed by atoms with E-state index >= 15 is 0 Å². The molecule has 62 valence electrons. The van der Waals surface area contributed by atoms with Gasteiger partial charge in [-0.3, -0.25) is 4.99 Å². The van der Waals surface area contributed by atoms with Crippen LogP contribution >= 0.6 is 0 Å². The number of carboxylic acid groups (broad SMARTS) is 1. The zero-order valence-electron chi connectivity index (χ0n) is 6.69. The number of rotatable bonds is 2. The highest BCUT2D eigenvalue weighted by atomic mass is 16.4. The molecule has 3 heteroatoms. The Morgan fingerprint density at radius 3 is 2.75 bits per heavy atom. The van der Waals surface area contributed by atoms with Gasteiger partial charge in [-0.2, -0.15) is 0 Å². The molecule has 0 amide bonds. The second-order valence-electron chi connectivity index (χ2n) is 2.28. The number of hydrogen-bond acceptors (Lipinski definition) is 2. The Kier molecular flexibility index (Phi) is 2.58. The summed E-state index contributed by atoms with van der Waals surface area (Å²) >= 11 is 0. The van der Waals surface area contributed by atoms with Gasteiger partial charge in [0.2, 0.25) is 0 Å². The molecular formula is C9H9NO2. The molecule has 0 saturated carbocycles. The van der Waals surface area contributed by atoms with Gasteiger partial charge in [-0.25, -0.2) is 4.79 Å². The van der Waals surface area contributed by atoms with E-state index in [0.29, 0.717) is 5.56 Å². The topological polar surface area (TPSA) is 49.7 Å². The summed E-state index contributed by atoms with van der Waals surface area (Å²) in [4.78, 5) is 14.4. The predicted octanol–water partition coefficient (Wildman–Crippen LogP) is 1.43. The lowest BCUT2D eigenvalue weighted by atomic mass is 10.1. The van der Waals surface area contributed by atoms with E-state index in [2.05, 4.69) is 4.99 Å². The molecule has 1 N–H and O–H groups in total. The van der Waals surface area contributed by atoms with Gasteiger partial charge >= 0.3 is 5.97 Å². The van der Waals surface area contributed by atoms with Crippen molar-refractivity contribution in [3.05, 3.63) is 35.4 Å². The Morgan fingerprint density at radius 2 is 2.17 bits per heavy atom. The van der Waals surface area contributed by atoms with E-state index in [1.54, 1.807) is 31.3 Å². The summed E-state index contributed by atoms with van der Waals surface area (Å²) in [6.45, 7) is 0. The molecule has 0 fully saturated rings. The second-order valence-corrected chi connectivity index (χ2v) is 2.28. The van der Waals surface area contributed by atoms with Gasteiger partial charge in [0.25, 0.3) is 0 Å². The fraction of sp³-hybridized carbons (Fsp3) is 0.111. The standard InChI is InChI=1S/C9H9NO2/c1-10-6-7-4-2-3-5-8(7)9(11)12/h2-6H,1H3,(H,11,12). The van der Waals surface area contributed by atoms with Gasteiger partial charge in [0.1, 0.15) is 0 Å². The van der Waals surface area contributed by atoms with Crippen LogP contribution in [0.1, 0.15) is 15.9 Å². The van der Waals surface area contributed by atoms with Crippen LogP contribution in [0.3, 0.4) is 0 Å². The van der Waals surface area contributed by atoms with Crippen molar-refractivity contribution < 1.29 is 9.90 Å². The van der Waals surface area contributed by atoms with Crippen molar-refractivity contribution in [1.29, 1.82) is 0 Å². The van der Waals surface area contributed by atoms with Gasteiger partial charge in [0.05, 0.1) is 5.56 Å². The summed E-state index contributed by atoms with van der Waals surface area (Å²) in [6.07, 6.45) is 1.53. The lowest BCUT2D eigenvalue weighted by molar-refractivity contribution is 0.0697. The predicted molar refractivity (Wildman–Crippen MR) is 46.9 cm³/mol. The van der Waals surface area contributed by atoms with E-state index in [1.807, 2.05) is 0 Å². The summed E-state index contributed by atoms with van der Waals surface area (Å²) in [7, 11) is 1.61. The lowest BCUT2D eigenvalue weighted by Gasteiger charge is -1.97. The molecule has 12 heavy (non-hydrogen) atoms. The van der Waals surface area contributed by atoms with Gasteiger partial charge in [-0.15, -0.1) is 0 Å². The third kappa shape index (κ3) is 1.69. The minimum Gasteiger partial charge on any atom is -0.478 e.